The maximum absolute atomic E-state index is 12.7. The average molecular weight is 368 g/mol. The first kappa shape index (κ1) is 17.5. The number of aliphatic carboxylic acids is 1. The third kappa shape index (κ3) is 5.37. The standard InChI is InChI=1S/C13H13BrF3NO3/c1-7(4-11(19)20)6-18-12(21)8-2-3-10(14)9(5-8)13(15,16)17/h2-3,5,7H,4,6H2,1H3,(H,18,21)(H,19,20). The van der Waals surface area contributed by atoms with Gasteiger partial charge < -0.3 is 10.4 Å². The van der Waals surface area contributed by atoms with Gasteiger partial charge in [-0.25, -0.2) is 0 Å². The van der Waals surface area contributed by atoms with Crippen molar-refractivity contribution in [2.75, 3.05) is 6.54 Å². The summed E-state index contributed by atoms with van der Waals surface area (Å²) in [5.74, 6) is -1.99. The SMILES string of the molecule is CC(CNC(=O)c1ccc(Br)c(C(F)(F)F)c1)CC(=O)O. The number of carboxylic acids is 1. The van der Waals surface area contributed by atoms with Crippen LogP contribution in [-0.4, -0.2) is 23.5 Å². The molecule has 0 heterocycles. The van der Waals surface area contributed by atoms with Gasteiger partial charge in [-0.15, -0.1) is 0 Å². The molecule has 0 radical (unpaired) electrons. The fraction of sp³-hybridized carbons (Fsp3) is 0.385. The predicted molar refractivity (Wildman–Crippen MR) is 72.9 cm³/mol. The van der Waals surface area contributed by atoms with E-state index in [4.69, 9.17) is 5.11 Å². The van der Waals surface area contributed by atoms with Gasteiger partial charge >= 0.3 is 12.1 Å². The fourth-order valence-corrected chi connectivity index (χ4v) is 2.09. The lowest BCUT2D eigenvalue weighted by Crippen LogP contribution is -2.29. The molecule has 1 aromatic carbocycles. The third-order valence-electron chi connectivity index (χ3n) is 2.67. The van der Waals surface area contributed by atoms with Crippen molar-refractivity contribution >= 4 is 27.8 Å². The molecule has 0 aliphatic carbocycles. The number of amides is 1. The summed E-state index contributed by atoms with van der Waals surface area (Å²) < 4.78 is 38.0. The molecule has 4 nitrogen and oxygen atoms in total. The van der Waals surface area contributed by atoms with E-state index in [1.807, 2.05) is 0 Å². The Hall–Kier alpha value is -1.57. The molecule has 0 spiro atoms. The number of nitrogens with one attached hydrogen (secondary N) is 1. The highest BCUT2D eigenvalue weighted by Crippen LogP contribution is 2.35. The number of carbonyl (C=O) groups excluding carboxylic acids is 1. The molecule has 0 aromatic heterocycles. The summed E-state index contributed by atoms with van der Waals surface area (Å²) in [5.41, 5.74) is -1.07. The number of carboxylic acid groups (broad SMARTS) is 1. The largest absolute Gasteiger partial charge is 0.481 e. The molecule has 0 aliphatic rings. The molecular weight excluding hydrogens is 355 g/mol. The molecule has 0 fully saturated rings. The lowest BCUT2D eigenvalue weighted by Gasteiger charge is -2.13. The first-order valence-electron chi connectivity index (χ1n) is 5.98. The van der Waals surface area contributed by atoms with Gasteiger partial charge in [0.15, 0.2) is 0 Å². The number of carbonyl (C=O) groups is 2. The van der Waals surface area contributed by atoms with Gasteiger partial charge in [0.25, 0.3) is 5.91 Å². The van der Waals surface area contributed by atoms with Gasteiger partial charge in [-0.3, -0.25) is 9.59 Å². The van der Waals surface area contributed by atoms with Crippen molar-refractivity contribution in [2.45, 2.75) is 19.5 Å². The summed E-state index contributed by atoms with van der Waals surface area (Å²) >= 11 is 2.79. The Morgan fingerprint density at radius 3 is 2.52 bits per heavy atom. The van der Waals surface area contributed by atoms with Crippen molar-refractivity contribution in [3.05, 3.63) is 33.8 Å². The van der Waals surface area contributed by atoms with E-state index in [9.17, 15) is 22.8 Å². The van der Waals surface area contributed by atoms with Crippen LogP contribution in [0.5, 0.6) is 0 Å². The molecule has 1 aromatic rings. The quantitative estimate of drug-likeness (QED) is 0.838. The Kier molecular flexibility index (Phi) is 5.77. The van der Waals surface area contributed by atoms with Gasteiger partial charge in [-0.05, 0) is 24.1 Å². The molecule has 0 bridgehead atoms. The van der Waals surface area contributed by atoms with Crippen molar-refractivity contribution in [3.8, 4) is 0 Å². The number of halogens is 4. The Morgan fingerprint density at radius 1 is 1.38 bits per heavy atom. The number of hydrogen-bond acceptors (Lipinski definition) is 2. The van der Waals surface area contributed by atoms with Gasteiger partial charge in [0.05, 0.1) is 5.56 Å². The summed E-state index contributed by atoms with van der Waals surface area (Å²) in [6.45, 7) is 1.69. The highest BCUT2D eigenvalue weighted by atomic mass is 79.9. The Morgan fingerprint density at radius 2 is 2.00 bits per heavy atom. The minimum atomic E-state index is -4.56. The van der Waals surface area contributed by atoms with Crippen LogP contribution in [0, 0.1) is 5.92 Å². The molecule has 0 saturated heterocycles. The van der Waals surface area contributed by atoms with Crippen molar-refractivity contribution in [3.63, 3.8) is 0 Å². The molecule has 0 saturated carbocycles. The fourth-order valence-electron chi connectivity index (χ4n) is 1.62. The summed E-state index contributed by atoms with van der Waals surface area (Å²) in [4.78, 5) is 22.3. The third-order valence-corrected chi connectivity index (χ3v) is 3.36. The van der Waals surface area contributed by atoms with Crippen LogP contribution in [0.4, 0.5) is 13.2 Å². The zero-order chi connectivity index (χ0) is 16.2. The second-order valence-electron chi connectivity index (χ2n) is 4.61. The van der Waals surface area contributed by atoms with E-state index in [1.54, 1.807) is 6.92 Å². The maximum Gasteiger partial charge on any atom is 0.417 e. The molecule has 116 valence electrons. The summed E-state index contributed by atoms with van der Waals surface area (Å²) in [5, 5.41) is 11.0. The highest BCUT2D eigenvalue weighted by Gasteiger charge is 2.33. The molecule has 1 unspecified atom stereocenters. The van der Waals surface area contributed by atoms with Crippen molar-refractivity contribution in [1.82, 2.24) is 5.32 Å². The molecule has 1 amide bonds. The Bertz CT molecular complexity index is 546. The topological polar surface area (TPSA) is 66.4 Å². The molecule has 2 N–H and O–H groups in total. The van der Waals surface area contributed by atoms with Crippen LogP contribution in [0.1, 0.15) is 29.3 Å². The van der Waals surface area contributed by atoms with Crippen LogP contribution < -0.4 is 5.32 Å². The lowest BCUT2D eigenvalue weighted by molar-refractivity contribution is -0.139. The maximum atomic E-state index is 12.7. The van der Waals surface area contributed by atoms with Gasteiger partial charge in [-0.1, -0.05) is 22.9 Å². The first-order valence-corrected chi connectivity index (χ1v) is 6.77. The van der Waals surface area contributed by atoms with E-state index in [0.29, 0.717) is 0 Å². The summed E-state index contributed by atoms with van der Waals surface area (Å²) in [6.07, 6.45) is -4.69. The zero-order valence-corrected chi connectivity index (χ0v) is 12.6. The zero-order valence-electron chi connectivity index (χ0n) is 11.0. The van der Waals surface area contributed by atoms with Crippen molar-refractivity contribution in [2.24, 2.45) is 5.92 Å². The average Bonchev–Trinajstić information content (AvgIpc) is 2.34. The second-order valence-corrected chi connectivity index (χ2v) is 5.46. The van der Waals surface area contributed by atoms with Crippen LogP contribution in [-0.2, 0) is 11.0 Å². The van der Waals surface area contributed by atoms with E-state index in [2.05, 4.69) is 21.2 Å². The van der Waals surface area contributed by atoms with Gasteiger partial charge in [0, 0.05) is 23.0 Å². The minimum Gasteiger partial charge on any atom is -0.481 e. The van der Waals surface area contributed by atoms with Gasteiger partial charge in [0.2, 0.25) is 0 Å². The molecule has 21 heavy (non-hydrogen) atoms. The molecule has 8 heteroatoms. The van der Waals surface area contributed by atoms with E-state index in [1.165, 1.54) is 6.07 Å². The molecule has 1 atom stereocenters. The Balaban J connectivity index is 2.78. The van der Waals surface area contributed by atoms with E-state index in [0.717, 1.165) is 12.1 Å². The van der Waals surface area contributed by atoms with Crippen LogP contribution in [0.3, 0.4) is 0 Å². The number of rotatable bonds is 5. The highest BCUT2D eigenvalue weighted by molar-refractivity contribution is 9.10. The first-order chi connectivity index (χ1) is 9.61. The van der Waals surface area contributed by atoms with Crippen LogP contribution in [0.15, 0.2) is 22.7 Å². The van der Waals surface area contributed by atoms with Crippen LogP contribution in [0.2, 0.25) is 0 Å². The molecular formula is C13H13BrF3NO3. The van der Waals surface area contributed by atoms with Gasteiger partial charge in [0.1, 0.15) is 0 Å². The smallest absolute Gasteiger partial charge is 0.417 e. The number of benzene rings is 1. The Labute approximate surface area is 127 Å². The van der Waals surface area contributed by atoms with E-state index < -0.39 is 23.6 Å². The van der Waals surface area contributed by atoms with Crippen molar-refractivity contribution < 1.29 is 27.9 Å². The van der Waals surface area contributed by atoms with Crippen molar-refractivity contribution in [1.29, 1.82) is 0 Å². The van der Waals surface area contributed by atoms with E-state index >= 15 is 0 Å². The van der Waals surface area contributed by atoms with E-state index in [-0.39, 0.29) is 28.9 Å². The van der Waals surface area contributed by atoms with Crippen LogP contribution >= 0.6 is 15.9 Å². The summed E-state index contributed by atoms with van der Waals surface area (Å²) in [6, 6.07) is 3.16. The number of alkyl halides is 3. The summed E-state index contributed by atoms with van der Waals surface area (Å²) in [7, 11) is 0. The minimum absolute atomic E-state index is 0.0720. The second kappa shape index (κ2) is 6.93. The molecule has 0 aliphatic heterocycles. The van der Waals surface area contributed by atoms with Gasteiger partial charge in [-0.2, -0.15) is 13.2 Å². The normalized spacial score (nSPS) is 12.8. The predicted octanol–water partition coefficient (Wildman–Crippen LogP) is 3.31. The monoisotopic (exact) mass is 367 g/mol. The van der Waals surface area contributed by atoms with Crippen LogP contribution in [0.25, 0.3) is 0 Å². The number of hydrogen-bond donors (Lipinski definition) is 2. The molecule has 1 rings (SSSR count). The lowest BCUT2D eigenvalue weighted by atomic mass is 10.1.